The molecule has 0 aromatic heterocycles. The van der Waals surface area contributed by atoms with E-state index in [0.717, 1.165) is 54.6 Å². The van der Waals surface area contributed by atoms with Crippen LogP contribution < -0.4 is 0 Å². The Morgan fingerprint density at radius 1 is 0.964 bits per heavy atom. The summed E-state index contributed by atoms with van der Waals surface area (Å²) in [6.45, 7) is 4.39. The molecule has 0 saturated heterocycles. The fourth-order valence-corrected chi connectivity index (χ4v) is 5.72. The van der Waals surface area contributed by atoms with Gasteiger partial charge in [0.15, 0.2) is 0 Å². The Kier molecular flexibility index (Phi) is 8.45. The molecule has 3 rings (SSSR count). The molecule has 2 aliphatic carbocycles. The van der Waals surface area contributed by atoms with E-state index in [1.165, 1.54) is 63.4 Å². The normalized spacial score (nSPS) is 25.6. The Hall–Kier alpha value is -0.820. The van der Waals surface area contributed by atoms with Crippen LogP contribution in [0, 0.1) is 23.6 Å². The van der Waals surface area contributed by atoms with Crippen LogP contribution in [-0.4, -0.2) is 0 Å². The van der Waals surface area contributed by atoms with Gasteiger partial charge in [0.2, 0.25) is 0 Å². The number of rotatable bonds is 8. The first-order valence-electron chi connectivity index (χ1n) is 11.8. The van der Waals surface area contributed by atoms with E-state index >= 15 is 0 Å². The standard InChI is InChI=1S/C26H38ClF/c1-3-5-6-8-19-9-11-20(12-10-19)21-13-15-22(16-14-21)24-18-17-23(7-4-2)25(27)26(24)28/h15,17-21H,3-14,16H2,1-2H3. The molecule has 0 aliphatic heterocycles. The molecule has 2 heteroatoms. The van der Waals surface area contributed by atoms with Gasteiger partial charge in [0.1, 0.15) is 5.82 Å². The predicted octanol–water partition coefficient (Wildman–Crippen LogP) is 9.00. The van der Waals surface area contributed by atoms with Gasteiger partial charge in [-0.25, -0.2) is 4.39 Å². The van der Waals surface area contributed by atoms with Crippen LogP contribution in [0.1, 0.15) is 102 Å². The Morgan fingerprint density at radius 3 is 2.39 bits per heavy atom. The molecule has 1 aromatic carbocycles. The molecule has 1 saturated carbocycles. The number of allylic oxidation sites excluding steroid dienone is 2. The van der Waals surface area contributed by atoms with Crippen molar-refractivity contribution in [2.24, 2.45) is 17.8 Å². The highest BCUT2D eigenvalue weighted by Gasteiger charge is 2.29. The lowest BCUT2D eigenvalue weighted by molar-refractivity contribution is 0.187. The summed E-state index contributed by atoms with van der Waals surface area (Å²) in [6.07, 6.45) is 18.8. The molecule has 1 atom stereocenters. The quantitative estimate of drug-likeness (QED) is 0.379. The highest BCUT2D eigenvalue weighted by atomic mass is 35.5. The second kappa shape index (κ2) is 10.8. The molecule has 0 spiro atoms. The summed E-state index contributed by atoms with van der Waals surface area (Å²) in [5.74, 6) is 2.47. The first-order chi connectivity index (χ1) is 13.6. The summed E-state index contributed by atoms with van der Waals surface area (Å²) < 4.78 is 14.8. The van der Waals surface area contributed by atoms with Gasteiger partial charge in [0.05, 0.1) is 5.02 Å². The van der Waals surface area contributed by atoms with Crippen LogP contribution in [0.2, 0.25) is 5.02 Å². The highest BCUT2D eigenvalue weighted by Crippen LogP contribution is 2.43. The second-order valence-corrected chi connectivity index (χ2v) is 9.57. The Bertz CT molecular complexity index is 655. The number of aryl methyl sites for hydroxylation is 1. The summed E-state index contributed by atoms with van der Waals surface area (Å²) in [5.41, 5.74) is 2.85. The van der Waals surface area contributed by atoms with E-state index in [1.807, 2.05) is 12.1 Å². The van der Waals surface area contributed by atoms with Gasteiger partial charge >= 0.3 is 0 Å². The molecule has 1 fully saturated rings. The van der Waals surface area contributed by atoms with Crippen molar-refractivity contribution in [2.45, 2.75) is 97.3 Å². The van der Waals surface area contributed by atoms with Crippen LogP contribution in [0.4, 0.5) is 4.39 Å². The van der Waals surface area contributed by atoms with Crippen LogP contribution in [0.15, 0.2) is 18.2 Å². The maximum Gasteiger partial charge on any atom is 0.149 e. The third-order valence-electron chi connectivity index (χ3n) is 7.25. The molecule has 0 amide bonds. The molecular formula is C26H38ClF. The van der Waals surface area contributed by atoms with Crippen molar-refractivity contribution >= 4 is 17.2 Å². The SMILES string of the molecule is CCCCCC1CCC(C2CC=C(c3ccc(CCC)c(Cl)c3F)CC2)CC1. The monoisotopic (exact) mass is 404 g/mol. The van der Waals surface area contributed by atoms with Gasteiger partial charge in [-0.15, -0.1) is 0 Å². The predicted molar refractivity (Wildman–Crippen MR) is 120 cm³/mol. The maximum atomic E-state index is 14.8. The lowest BCUT2D eigenvalue weighted by Crippen LogP contribution is -2.23. The van der Waals surface area contributed by atoms with Crippen LogP contribution in [0.5, 0.6) is 0 Å². The molecule has 1 unspecified atom stereocenters. The van der Waals surface area contributed by atoms with E-state index < -0.39 is 0 Å². The van der Waals surface area contributed by atoms with Crippen LogP contribution in [0.3, 0.4) is 0 Å². The van der Waals surface area contributed by atoms with E-state index in [-0.39, 0.29) is 5.82 Å². The fourth-order valence-electron chi connectivity index (χ4n) is 5.46. The summed E-state index contributed by atoms with van der Waals surface area (Å²) in [6, 6.07) is 3.98. The first kappa shape index (κ1) is 21.9. The molecule has 0 bridgehead atoms. The van der Waals surface area contributed by atoms with E-state index in [4.69, 9.17) is 11.6 Å². The lowest BCUT2D eigenvalue weighted by atomic mass is 9.70. The number of halogens is 2. The molecule has 156 valence electrons. The van der Waals surface area contributed by atoms with Crippen molar-refractivity contribution < 1.29 is 4.39 Å². The molecule has 0 radical (unpaired) electrons. The van der Waals surface area contributed by atoms with Crippen LogP contribution in [0.25, 0.3) is 5.57 Å². The van der Waals surface area contributed by atoms with Gasteiger partial charge in [0, 0.05) is 5.56 Å². The summed E-state index contributed by atoms with van der Waals surface area (Å²) >= 11 is 6.30. The van der Waals surface area contributed by atoms with E-state index in [2.05, 4.69) is 19.9 Å². The van der Waals surface area contributed by atoms with Crippen molar-refractivity contribution in [2.75, 3.05) is 0 Å². The van der Waals surface area contributed by atoms with E-state index in [0.29, 0.717) is 5.02 Å². The fraction of sp³-hybridized carbons (Fsp3) is 0.692. The van der Waals surface area contributed by atoms with Gasteiger partial charge in [-0.2, -0.15) is 0 Å². The molecule has 2 aliphatic rings. The van der Waals surface area contributed by atoms with Crippen molar-refractivity contribution in [3.8, 4) is 0 Å². The zero-order valence-electron chi connectivity index (χ0n) is 17.9. The maximum absolute atomic E-state index is 14.8. The Morgan fingerprint density at radius 2 is 1.75 bits per heavy atom. The van der Waals surface area contributed by atoms with Crippen molar-refractivity contribution in [3.63, 3.8) is 0 Å². The van der Waals surface area contributed by atoms with Crippen LogP contribution >= 0.6 is 11.6 Å². The number of hydrogen-bond acceptors (Lipinski definition) is 0. The zero-order valence-corrected chi connectivity index (χ0v) is 18.7. The molecular weight excluding hydrogens is 367 g/mol. The van der Waals surface area contributed by atoms with Crippen LogP contribution in [-0.2, 0) is 6.42 Å². The third kappa shape index (κ3) is 5.41. The van der Waals surface area contributed by atoms with Gasteiger partial charge in [-0.05, 0) is 67.4 Å². The molecule has 0 nitrogen and oxygen atoms in total. The first-order valence-corrected chi connectivity index (χ1v) is 12.2. The number of benzene rings is 1. The Balaban J connectivity index is 1.55. The van der Waals surface area contributed by atoms with Gasteiger partial charge < -0.3 is 0 Å². The minimum Gasteiger partial charge on any atom is -0.205 e. The average Bonchev–Trinajstić information content (AvgIpc) is 2.73. The van der Waals surface area contributed by atoms with Gasteiger partial charge in [-0.3, -0.25) is 0 Å². The minimum atomic E-state index is -0.204. The van der Waals surface area contributed by atoms with Crippen molar-refractivity contribution in [1.82, 2.24) is 0 Å². The molecule has 28 heavy (non-hydrogen) atoms. The lowest BCUT2D eigenvalue weighted by Gasteiger charge is -2.35. The summed E-state index contributed by atoms with van der Waals surface area (Å²) in [4.78, 5) is 0. The molecule has 0 heterocycles. The van der Waals surface area contributed by atoms with Crippen molar-refractivity contribution in [3.05, 3.63) is 40.2 Å². The summed E-state index contributed by atoms with van der Waals surface area (Å²) in [7, 11) is 0. The number of unbranched alkanes of at least 4 members (excludes halogenated alkanes) is 2. The second-order valence-electron chi connectivity index (χ2n) is 9.19. The minimum absolute atomic E-state index is 0.204. The van der Waals surface area contributed by atoms with Gasteiger partial charge in [-0.1, -0.05) is 88.6 Å². The molecule has 1 aromatic rings. The van der Waals surface area contributed by atoms with E-state index in [9.17, 15) is 4.39 Å². The topological polar surface area (TPSA) is 0 Å². The van der Waals surface area contributed by atoms with Crippen molar-refractivity contribution in [1.29, 1.82) is 0 Å². The molecule has 0 N–H and O–H groups in total. The van der Waals surface area contributed by atoms with Gasteiger partial charge in [0.25, 0.3) is 0 Å². The average molecular weight is 405 g/mol. The largest absolute Gasteiger partial charge is 0.205 e. The van der Waals surface area contributed by atoms with E-state index in [1.54, 1.807) is 0 Å². The zero-order chi connectivity index (χ0) is 19.9. The summed E-state index contributed by atoms with van der Waals surface area (Å²) in [5, 5.41) is 0.337. The third-order valence-corrected chi connectivity index (χ3v) is 7.66. The highest BCUT2D eigenvalue weighted by molar-refractivity contribution is 6.31. The number of hydrogen-bond donors (Lipinski definition) is 0. The smallest absolute Gasteiger partial charge is 0.149 e. The Labute approximate surface area is 176 Å².